The van der Waals surface area contributed by atoms with E-state index >= 15 is 0 Å². The predicted octanol–water partition coefficient (Wildman–Crippen LogP) is 3.83. The second-order valence-electron chi connectivity index (χ2n) is 5.61. The number of ketones is 1. The molecule has 1 aliphatic carbocycles. The van der Waals surface area contributed by atoms with Crippen molar-refractivity contribution in [1.29, 1.82) is 0 Å². The van der Waals surface area contributed by atoms with Crippen molar-refractivity contribution in [3.63, 3.8) is 0 Å². The van der Waals surface area contributed by atoms with E-state index < -0.39 is 0 Å². The Morgan fingerprint density at radius 2 is 1.84 bits per heavy atom. The third-order valence-electron chi connectivity index (χ3n) is 4.50. The van der Waals surface area contributed by atoms with Crippen molar-refractivity contribution in [1.82, 2.24) is 4.90 Å². The van der Waals surface area contributed by atoms with E-state index in [1.165, 1.54) is 18.4 Å². The van der Waals surface area contributed by atoms with Crippen LogP contribution in [0.4, 0.5) is 0 Å². The zero-order chi connectivity index (χ0) is 13.9. The minimum absolute atomic E-state index is 0.239. The summed E-state index contributed by atoms with van der Waals surface area (Å²) in [7, 11) is 0. The van der Waals surface area contributed by atoms with Gasteiger partial charge >= 0.3 is 0 Å². The first-order valence-corrected chi connectivity index (χ1v) is 7.50. The van der Waals surface area contributed by atoms with Crippen molar-refractivity contribution in [2.24, 2.45) is 0 Å². The molecule has 2 nitrogen and oxygen atoms in total. The summed E-state index contributed by atoms with van der Waals surface area (Å²) in [5.74, 6) is 0.331. The summed E-state index contributed by atoms with van der Waals surface area (Å²) >= 11 is 0. The maximum Gasteiger partial charge on any atom is 0.183 e. The molecule has 0 radical (unpaired) electrons. The minimum atomic E-state index is -0.239. The van der Waals surface area contributed by atoms with E-state index in [2.05, 4.69) is 31.7 Å². The van der Waals surface area contributed by atoms with Crippen LogP contribution in [0.25, 0.3) is 0 Å². The molecule has 104 valence electrons. The molecule has 0 atom stereocenters. The van der Waals surface area contributed by atoms with Gasteiger partial charge in [-0.05, 0) is 38.9 Å². The van der Waals surface area contributed by atoms with Crippen LogP contribution in [0.2, 0.25) is 0 Å². The number of aryl methyl sites for hydroxylation is 1. The van der Waals surface area contributed by atoms with Crippen LogP contribution in [0.3, 0.4) is 0 Å². The van der Waals surface area contributed by atoms with E-state index in [-0.39, 0.29) is 5.54 Å². The van der Waals surface area contributed by atoms with Gasteiger partial charge in [0.05, 0.1) is 5.54 Å². The highest BCUT2D eigenvalue weighted by molar-refractivity contribution is 6.03. The Morgan fingerprint density at radius 3 is 2.37 bits per heavy atom. The van der Waals surface area contributed by atoms with Gasteiger partial charge in [0.2, 0.25) is 0 Å². The average molecular weight is 259 g/mol. The van der Waals surface area contributed by atoms with Crippen LogP contribution in [0.15, 0.2) is 24.3 Å². The van der Waals surface area contributed by atoms with Crippen molar-refractivity contribution in [3.05, 3.63) is 35.4 Å². The van der Waals surface area contributed by atoms with E-state index in [4.69, 9.17) is 0 Å². The highest BCUT2D eigenvalue weighted by atomic mass is 16.1. The van der Waals surface area contributed by atoms with Gasteiger partial charge in [-0.3, -0.25) is 9.69 Å². The van der Waals surface area contributed by atoms with Gasteiger partial charge in [-0.1, -0.05) is 50.5 Å². The number of benzene rings is 1. The summed E-state index contributed by atoms with van der Waals surface area (Å²) in [6, 6.07) is 8.05. The Hall–Kier alpha value is -1.15. The second-order valence-corrected chi connectivity index (χ2v) is 5.61. The molecular formula is C17H25NO. The first kappa shape index (κ1) is 14.3. The number of carbonyl (C=O) groups excluding carboxylic acids is 1. The fourth-order valence-corrected chi connectivity index (χ4v) is 3.53. The topological polar surface area (TPSA) is 20.3 Å². The number of Topliss-reactive ketones (excluding diaryl/α,β-unsaturated/α-hetero) is 1. The maximum absolute atomic E-state index is 13.0. The van der Waals surface area contributed by atoms with Crippen LogP contribution >= 0.6 is 0 Å². The Kier molecular flexibility index (Phi) is 4.41. The smallest absolute Gasteiger partial charge is 0.183 e. The molecule has 1 aromatic carbocycles. The molecule has 19 heavy (non-hydrogen) atoms. The molecule has 0 heterocycles. The predicted molar refractivity (Wildman–Crippen MR) is 79.6 cm³/mol. The molecule has 1 saturated carbocycles. The molecule has 1 fully saturated rings. The highest BCUT2D eigenvalue weighted by Crippen LogP contribution is 2.38. The molecular weight excluding hydrogens is 234 g/mol. The molecule has 0 amide bonds. The van der Waals surface area contributed by atoms with Gasteiger partial charge in [-0.15, -0.1) is 0 Å². The van der Waals surface area contributed by atoms with Gasteiger partial charge in [0, 0.05) is 5.56 Å². The number of nitrogens with zero attached hydrogens (tertiary/aromatic N) is 1. The second kappa shape index (κ2) is 5.87. The van der Waals surface area contributed by atoms with Crippen LogP contribution < -0.4 is 0 Å². The normalized spacial score (nSPS) is 17.9. The monoisotopic (exact) mass is 259 g/mol. The molecule has 1 aliphatic rings. The SMILES string of the molecule is CCN(CC)C1(C(=O)c2cccc(C)c2)CCCC1. The highest BCUT2D eigenvalue weighted by Gasteiger charge is 2.44. The fraction of sp³-hybridized carbons (Fsp3) is 0.588. The number of hydrogen-bond acceptors (Lipinski definition) is 2. The van der Waals surface area contributed by atoms with Gasteiger partial charge in [0.1, 0.15) is 0 Å². The van der Waals surface area contributed by atoms with Gasteiger partial charge in [0.25, 0.3) is 0 Å². The summed E-state index contributed by atoms with van der Waals surface area (Å²) in [5.41, 5.74) is 1.81. The van der Waals surface area contributed by atoms with E-state index in [1.54, 1.807) is 0 Å². The summed E-state index contributed by atoms with van der Waals surface area (Å²) in [5, 5.41) is 0. The van der Waals surface area contributed by atoms with Crippen molar-refractivity contribution < 1.29 is 4.79 Å². The lowest BCUT2D eigenvalue weighted by Crippen LogP contribution is -2.52. The lowest BCUT2D eigenvalue weighted by atomic mass is 9.85. The summed E-state index contributed by atoms with van der Waals surface area (Å²) in [6.45, 7) is 8.28. The van der Waals surface area contributed by atoms with Crippen molar-refractivity contribution >= 4 is 5.78 Å². The third kappa shape index (κ3) is 2.59. The van der Waals surface area contributed by atoms with Gasteiger partial charge in [0.15, 0.2) is 5.78 Å². The van der Waals surface area contributed by atoms with Crippen LogP contribution in [0, 0.1) is 6.92 Å². The molecule has 0 N–H and O–H groups in total. The van der Waals surface area contributed by atoms with Gasteiger partial charge < -0.3 is 0 Å². The molecule has 2 heteroatoms. The Balaban J connectivity index is 2.36. The number of carbonyl (C=O) groups is 1. The molecule has 0 aliphatic heterocycles. The van der Waals surface area contributed by atoms with Gasteiger partial charge in [-0.2, -0.15) is 0 Å². The van der Waals surface area contributed by atoms with Crippen LogP contribution in [0.5, 0.6) is 0 Å². The zero-order valence-corrected chi connectivity index (χ0v) is 12.4. The third-order valence-corrected chi connectivity index (χ3v) is 4.50. The lowest BCUT2D eigenvalue weighted by Gasteiger charge is -2.39. The Labute approximate surface area is 116 Å². The molecule has 0 unspecified atom stereocenters. The molecule has 2 rings (SSSR count). The Bertz CT molecular complexity index is 442. The van der Waals surface area contributed by atoms with E-state index in [0.29, 0.717) is 5.78 Å². The number of hydrogen-bond donors (Lipinski definition) is 0. The first-order valence-electron chi connectivity index (χ1n) is 7.50. The molecule has 1 aromatic rings. The average Bonchev–Trinajstić information content (AvgIpc) is 2.90. The zero-order valence-electron chi connectivity index (χ0n) is 12.4. The van der Waals surface area contributed by atoms with Crippen molar-refractivity contribution in [2.75, 3.05) is 13.1 Å². The van der Waals surface area contributed by atoms with E-state index in [0.717, 1.165) is 31.5 Å². The van der Waals surface area contributed by atoms with E-state index in [1.807, 2.05) is 18.2 Å². The largest absolute Gasteiger partial charge is 0.292 e. The molecule has 0 aromatic heterocycles. The number of likely N-dealkylation sites (N-methyl/N-ethyl adjacent to an activating group) is 1. The van der Waals surface area contributed by atoms with Crippen LogP contribution in [0.1, 0.15) is 55.5 Å². The number of rotatable bonds is 5. The fourth-order valence-electron chi connectivity index (χ4n) is 3.53. The Morgan fingerprint density at radius 1 is 1.21 bits per heavy atom. The first-order chi connectivity index (χ1) is 9.14. The van der Waals surface area contributed by atoms with Crippen molar-refractivity contribution in [3.8, 4) is 0 Å². The molecule has 0 spiro atoms. The lowest BCUT2D eigenvalue weighted by molar-refractivity contribution is 0.0584. The maximum atomic E-state index is 13.0. The minimum Gasteiger partial charge on any atom is -0.292 e. The quantitative estimate of drug-likeness (QED) is 0.749. The summed E-state index contributed by atoms with van der Waals surface area (Å²) in [6.07, 6.45) is 4.38. The summed E-state index contributed by atoms with van der Waals surface area (Å²) < 4.78 is 0. The van der Waals surface area contributed by atoms with Crippen molar-refractivity contribution in [2.45, 2.75) is 52.0 Å². The van der Waals surface area contributed by atoms with E-state index in [9.17, 15) is 4.79 Å². The van der Waals surface area contributed by atoms with Crippen LogP contribution in [-0.4, -0.2) is 29.3 Å². The molecule has 0 saturated heterocycles. The van der Waals surface area contributed by atoms with Gasteiger partial charge in [-0.25, -0.2) is 0 Å². The summed E-state index contributed by atoms with van der Waals surface area (Å²) in [4.78, 5) is 15.4. The van der Waals surface area contributed by atoms with Crippen LogP contribution in [-0.2, 0) is 0 Å². The standard InChI is InChI=1S/C17H25NO/c1-4-18(5-2)17(11-6-7-12-17)16(19)15-10-8-9-14(3)13-15/h8-10,13H,4-7,11-12H2,1-3H3. The molecule has 0 bridgehead atoms.